The lowest BCUT2D eigenvalue weighted by molar-refractivity contribution is 0.100. The van der Waals surface area contributed by atoms with Crippen LogP contribution in [-0.4, -0.2) is 14.3 Å². The van der Waals surface area contributed by atoms with Gasteiger partial charge in [-0.05, 0) is 54.1 Å². The van der Waals surface area contributed by atoms with Crippen LogP contribution in [0.15, 0.2) is 65.6 Å². The fourth-order valence-corrected chi connectivity index (χ4v) is 3.31. The zero-order valence-corrected chi connectivity index (χ0v) is 16.6. The summed E-state index contributed by atoms with van der Waals surface area (Å²) in [4.78, 5) is 11.8. The minimum Gasteiger partial charge on any atom is -0.398 e. The molecule has 0 atom stereocenters. The second-order valence-corrected chi connectivity index (χ2v) is 8.17. The molecule has 0 aliphatic carbocycles. The second-order valence-electron chi connectivity index (χ2n) is 6.18. The summed E-state index contributed by atoms with van der Waals surface area (Å²) in [6.07, 6.45) is 0. The molecule has 146 valence electrons. The average molecular weight is 426 g/mol. The minimum atomic E-state index is -3.82. The quantitative estimate of drug-likeness (QED) is 0.440. The maximum Gasteiger partial charge on any atom is 0.250 e. The van der Waals surface area contributed by atoms with Crippen molar-refractivity contribution in [2.45, 2.75) is 4.90 Å². The predicted octanol–water partition coefficient (Wildman–Crippen LogP) is 2.74. The van der Waals surface area contributed by atoms with Crippen LogP contribution >= 0.6 is 11.6 Å². The average Bonchev–Trinajstić information content (AvgIpc) is 2.67. The third-order valence-electron chi connectivity index (χ3n) is 4.13. The number of amides is 1. The lowest BCUT2D eigenvalue weighted by Crippen LogP contribution is -2.14. The molecule has 0 aromatic heterocycles. The van der Waals surface area contributed by atoms with E-state index in [4.69, 9.17) is 28.2 Å². The normalized spacial score (nSPS) is 10.8. The number of primary amides is 1. The highest BCUT2D eigenvalue weighted by Gasteiger charge is 2.14. The van der Waals surface area contributed by atoms with Crippen LogP contribution in [0.4, 0.5) is 5.69 Å². The van der Waals surface area contributed by atoms with Gasteiger partial charge in [-0.1, -0.05) is 35.6 Å². The van der Waals surface area contributed by atoms with Gasteiger partial charge in [-0.15, -0.1) is 0 Å². The number of sulfonamides is 1. The van der Waals surface area contributed by atoms with Crippen molar-refractivity contribution >= 4 is 33.2 Å². The van der Waals surface area contributed by atoms with E-state index in [2.05, 4.69) is 11.8 Å². The second kappa shape index (κ2) is 7.97. The Bertz CT molecular complexity index is 1260. The van der Waals surface area contributed by atoms with Gasteiger partial charge in [0, 0.05) is 21.7 Å². The van der Waals surface area contributed by atoms with E-state index in [1.807, 2.05) is 0 Å². The van der Waals surface area contributed by atoms with Crippen LogP contribution in [0.25, 0.3) is 11.1 Å². The first kappa shape index (κ1) is 20.4. The maximum absolute atomic E-state index is 11.8. The highest BCUT2D eigenvalue weighted by Crippen LogP contribution is 2.31. The highest BCUT2D eigenvalue weighted by atomic mass is 35.5. The van der Waals surface area contributed by atoms with E-state index >= 15 is 0 Å². The molecule has 0 radical (unpaired) electrons. The molecule has 3 aromatic carbocycles. The summed E-state index contributed by atoms with van der Waals surface area (Å²) in [5.41, 5.74) is 14.2. The summed E-state index contributed by atoms with van der Waals surface area (Å²) in [5, 5.41) is 5.73. The summed E-state index contributed by atoms with van der Waals surface area (Å²) in [5.74, 6) is 5.27. The number of hydrogen-bond donors (Lipinski definition) is 3. The van der Waals surface area contributed by atoms with Crippen molar-refractivity contribution in [3.05, 3.63) is 82.4 Å². The van der Waals surface area contributed by atoms with Crippen molar-refractivity contribution in [2.24, 2.45) is 10.9 Å². The van der Waals surface area contributed by atoms with Gasteiger partial charge >= 0.3 is 0 Å². The summed E-state index contributed by atoms with van der Waals surface area (Å²) in [6.45, 7) is 0. The van der Waals surface area contributed by atoms with Crippen molar-refractivity contribution < 1.29 is 13.2 Å². The molecule has 1 amide bonds. The van der Waals surface area contributed by atoms with Crippen LogP contribution in [0.1, 0.15) is 21.5 Å². The molecule has 0 fully saturated rings. The van der Waals surface area contributed by atoms with Gasteiger partial charge in [0.1, 0.15) is 0 Å². The van der Waals surface area contributed by atoms with Crippen LogP contribution in [0.2, 0.25) is 5.02 Å². The Morgan fingerprint density at radius 1 is 0.897 bits per heavy atom. The summed E-state index contributed by atoms with van der Waals surface area (Å²) in [6, 6.07) is 16.0. The zero-order valence-electron chi connectivity index (χ0n) is 15.0. The number of carbonyl (C=O) groups is 1. The number of nitrogen functional groups attached to an aromatic ring is 1. The van der Waals surface area contributed by atoms with Crippen LogP contribution in [0.3, 0.4) is 0 Å². The molecule has 29 heavy (non-hydrogen) atoms. The van der Waals surface area contributed by atoms with Gasteiger partial charge in [-0.3, -0.25) is 4.79 Å². The first-order valence-electron chi connectivity index (χ1n) is 8.29. The monoisotopic (exact) mass is 425 g/mol. The molecule has 3 rings (SSSR count). The highest BCUT2D eigenvalue weighted by molar-refractivity contribution is 7.89. The fourth-order valence-electron chi connectivity index (χ4n) is 2.67. The smallest absolute Gasteiger partial charge is 0.250 e. The number of anilines is 1. The molecule has 3 aromatic rings. The van der Waals surface area contributed by atoms with Crippen molar-refractivity contribution in [3.8, 4) is 23.0 Å². The molecule has 0 spiro atoms. The molecule has 0 saturated carbocycles. The summed E-state index contributed by atoms with van der Waals surface area (Å²) >= 11 is 5.87. The van der Waals surface area contributed by atoms with Crippen molar-refractivity contribution in [3.63, 3.8) is 0 Å². The Morgan fingerprint density at radius 2 is 1.48 bits per heavy atom. The summed E-state index contributed by atoms with van der Waals surface area (Å²) in [7, 11) is -3.82. The SMILES string of the molecule is NC(=O)c1cc(C#Cc2ccc(Cl)cc2)cc(-c2ccc(S(N)(=O)=O)cc2)c1N. The van der Waals surface area contributed by atoms with Crippen molar-refractivity contribution in [2.75, 3.05) is 5.73 Å². The third-order valence-corrected chi connectivity index (χ3v) is 5.32. The lowest BCUT2D eigenvalue weighted by atomic mass is 9.97. The number of carbonyl (C=O) groups excluding carboxylic acids is 1. The molecule has 6 nitrogen and oxygen atoms in total. The number of benzene rings is 3. The number of halogens is 1. The molecule has 0 unspecified atom stereocenters. The first-order valence-corrected chi connectivity index (χ1v) is 10.2. The van der Waals surface area contributed by atoms with Crippen molar-refractivity contribution in [1.29, 1.82) is 0 Å². The predicted molar refractivity (Wildman–Crippen MR) is 114 cm³/mol. The number of primary sulfonamides is 1. The van der Waals surface area contributed by atoms with E-state index in [1.165, 1.54) is 18.2 Å². The molecular weight excluding hydrogens is 410 g/mol. The van der Waals surface area contributed by atoms with Gasteiger partial charge < -0.3 is 11.5 Å². The Morgan fingerprint density at radius 3 is 2.03 bits per heavy atom. The Labute approximate surface area is 173 Å². The van der Waals surface area contributed by atoms with E-state index < -0.39 is 15.9 Å². The van der Waals surface area contributed by atoms with Gasteiger partial charge in [-0.25, -0.2) is 13.6 Å². The van der Waals surface area contributed by atoms with Crippen LogP contribution in [-0.2, 0) is 10.0 Å². The number of rotatable bonds is 3. The van der Waals surface area contributed by atoms with E-state index in [0.717, 1.165) is 5.56 Å². The van der Waals surface area contributed by atoms with E-state index in [-0.39, 0.29) is 16.1 Å². The van der Waals surface area contributed by atoms with E-state index in [9.17, 15) is 13.2 Å². The first-order chi connectivity index (χ1) is 13.6. The Balaban J connectivity index is 2.10. The maximum atomic E-state index is 11.8. The number of nitrogens with two attached hydrogens (primary N) is 3. The van der Waals surface area contributed by atoms with Gasteiger partial charge in [0.15, 0.2) is 0 Å². The lowest BCUT2D eigenvalue weighted by Gasteiger charge is -2.11. The standard InChI is InChI=1S/C21H16ClN3O3S/c22-16-7-3-13(4-8-16)1-2-14-11-18(20(23)19(12-14)21(24)26)15-5-9-17(10-6-15)29(25,27)28/h3-12H,23H2,(H2,24,26)(H2,25,27,28). The third kappa shape index (κ3) is 4.76. The van der Waals surface area contributed by atoms with Crippen LogP contribution in [0.5, 0.6) is 0 Å². The largest absolute Gasteiger partial charge is 0.398 e. The molecule has 0 heterocycles. The molecule has 0 aliphatic heterocycles. The van der Waals surface area contributed by atoms with Gasteiger partial charge in [0.25, 0.3) is 5.91 Å². The molecule has 0 bridgehead atoms. The molecule has 0 saturated heterocycles. The van der Waals surface area contributed by atoms with Gasteiger partial charge in [0.2, 0.25) is 10.0 Å². The van der Waals surface area contributed by atoms with Gasteiger partial charge in [-0.2, -0.15) is 0 Å². The molecule has 8 heteroatoms. The van der Waals surface area contributed by atoms with Crippen LogP contribution < -0.4 is 16.6 Å². The van der Waals surface area contributed by atoms with Gasteiger partial charge in [0.05, 0.1) is 16.1 Å². The molecule has 0 aliphatic rings. The zero-order chi connectivity index (χ0) is 21.2. The van der Waals surface area contributed by atoms with Crippen LogP contribution in [0, 0.1) is 11.8 Å². The molecule has 6 N–H and O–H groups in total. The fraction of sp³-hybridized carbons (Fsp3) is 0. The summed E-state index contributed by atoms with van der Waals surface area (Å²) < 4.78 is 22.9. The van der Waals surface area contributed by atoms with Crippen molar-refractivity contribution in [1.82, 2.24) is 0 Å². The minimum absolute atomic E-state index is 0.0337. The topological polar surface area (TPSA) is 129 Å². The molecular formula is C21H16ClN3O3S. The Kier molecular flexibility index (Phi) is 5.62. The van der Waals surface area contributed by atoms with E-state index in [1.54, 1.807) is 42.5 Å². The van der Waals surface area contributed by atoms with E-state index in [0.29, 0.717) is 21.7 Å². The number of hydrogen-bond acceptors (Lipinski definition) is 4. The Hall–Kier alpha value is -3.31.